The zero-order valence-corrected chi connectivity index (χ0v) is 11.7. The molecule has 0 aromatic heterocycles. The number of aliphatic hydroxyl groups is 1. The van der Waals surface area contributed by atoms with Crippen molar-refractivity contribution in [1.82, 2.24) is 5.32 Å². The van der Waals surface area contributed by atoms with Crippen LogP contribution in [0.4, 0.5) is 0 Å². The minimum absolute atomic E-state index is 0.0899. The third-order valence-corrected chi connectivity index (χ3v) is 3.40. The smallest absolute Gasteiger partial charge is 0.0681 e. The number of nitrogens with one attached hydrogen (secondary N) is 1. The van der Waals surface area contributed by atoms with Gasteiger partial charge in [0.1, 0.15) is 0 Å². The Labute approximate surface area is 119 Å². The lowest BCUT2D eigenvalue weighted by molar-refractivity contribution is 0.282. The standard InChI is InChI=1S/C16H18ClNO/c1-12(15-3-2-4-16(17)9-15)18-10-13-5-7-14(11-19)8-6-13/h2-9,12,18-19H,10-11H2,1H3/t12-/m1/s1. The maximum absolute atomic E-state index is 8.99. The highest BCUT2D eigenvalue weighted by molar-refractivity contribution is 6.30. The second-order valence-electron chi connectivity index (χ2n) is 4.63. The predicted octanol–water partition coefficient (Wildman–Crippen LogP) is 3.68. The number of benzene rings is 2. The summed E-state index contributed by atoms with van der Waals surface area (Å²) in [5.41, 5.74) is 3.32. The van der Waals surface area contributed by atoms with Gasteiger partial charge in [0.15, 0.2) is 0 Å². The van der Waals surface area contributed by atoms with E-state index in [9.17, 15) is 0 Å². The van der Waals surface area contributed by atoms with Crippen molar-refractivity contribution >= 4 is 11.6 Å². The van der Waals surface area contributed by atoms with Gasteiger partial charge in [0, 0.05) is 17.6 Å². The second-order valence-corrected chi connectivity index (χ2v) is 5.07. The fourth-order valence-electron chi connectivity index (χ4n) is 1.93. The van der Waals surface area contributed by atoms with Crippen molar-refractivity contribution in [3.63, 3.8) is 0 Å². The Hall–Kier alpha value is -1.35. The molecule has 0 heterocycles. The molecule has 0 radical (unpaired) electrons. The van der Waals surface area contributed by atoms with E-state index >= 15 is 0 Å². The van der Waals surface area contributed by atoms with Crippen LogP contribution in [0.15, 0.2) is 48.5 Å². The molecule has 2 N–H and O–H groups in total. The van der Waals surface area contributed by atoms with Crippen molar-refractivity contribution < 1.29 is 5.11 Å². The molecule has 0 aliphatic heterocycles. The summed E-state index contributed by atoms with van der Waals surface area (Å²) < 4.78 is 0. The van der Waals surface area contributed by atoms with Gasteiger partial charge >= 0.3 is 0 Å². The summed E-state index contributed by atoms with van der Waals surface area (Å²) in [6.45, 7) is 3.00. The van der Waals surface area contributed by atoms with E-state index in [1.54, 1.807) is 0 Å². The van der Waals surface area contributed by atoms with E-state index in [1.807, 2.05) is 42.5 Å². The van der Waals surface area contributed by atoms with Gasteiger partial charge < -0.3 is 10.4 Å². The van der Waals surface area contributed by atoms with Crippen molar-refractivity contribution in [2.75, 3.05) is 0 Å². The molecule has 0 bridgehead atoms. The van der Waals surface area contributed by atoms with Crippen LogP contribution >= 0.6 is 11.6 Å². The lowest BCUT2D eigenvalue weighted by atomic mass is 10.1. The van der Waals surface area contributed by atoms with E-state index in [0.717, 1.165) is 17.1 Å². The van der Waals surface area contributed by atoms with Crippen molar-refractivity contribution in [3.05, 3.63) is 70.2 Å². The van der Waals surface area contributed by atoms with Gasteiger partial charge in [-0.25, -0.2) is 0 Å². The molecule has 0 spiro atoms. The maximum Gasteiger partial charge on any atom is 0.0681 e. The summed E-state index contributed by atoms with van der Waals surface area (Å²) in [5.74, 6) is 0. The highest BCUT2D eigenvalue weighted by Crippen LogP contribution is 2.17. The number of hydrogen-bond acceptors (Lipinski definition) is 2. The van der Waals surface area contributed by atoms with Crippen LogP contribution in [0.5, 0.6) is 0 Å². The van der Waals surface area contributed by atoms with Gasteiger partial charge in [-0.05, 0) is 35.7 Å². The Bertz CT molecular complexity index is 525. The number of rotatable bonds is 5. The molecule has 0 saturated heterocycles. The normalized spacial score (nSPS) is 12.4. The first-order chi connectivity index (χ1) is 9.19. The monoisotopic (exact) mass is 275 g/mol. The van der Waals surface area contributed by atoms with Crippen LogP contribution in [0.25, 0.3) is 0 Å². The topological polar surface area (TPSA) is 32.3 Å². The van der Waals surface area contributed by atoms with Crippen LogP contribution in [0.1, 0.15) is 29.7 Å². The third kappa shape index (κ3) is 4.06. The van der Waals surface area contributed by atoms with Gasteiger partial charge in [-0.2, -0.15) is 0 Å². The van der Waals surface area contributed by atoms with Gasteiger partial charge in [-0.3, -0.25) is 0 Å². The van der Waals surface area contributed by atoms with Crippen molar-refractivity contribution in [2.24, 2.45) is 0 Å². The molecule has 0 fully saturated rings. The van der Waals surface area contributed by atoms with Gasteiger partial charge in [0.05, 0.1) is 6.61 Å². The van der Waals surface area contributed by atoms with Crippen LogP contribution in [-0.2, 0) is 13.2 Å². The minimum atomic E-state index is 0.0899. The molecule has 0 aliphatic carbocycles. The van der Waals surface area contributed by atoms with Gasteiger partial charge in [0.25, 0.3) is 0 Å². The lowest BCUT2D eigenvalue weighted by Crippen LogP contribution is -2.18. The lowest BCUT2D eigenvalue weighted by Gasteiger charge is -2.14. The summed E-state index contributed by atoms with van der Waals surface area (Å²) in [7, 11) is 0. The first kappa shape index (κ1) is 14.1. The number of hydrogen-bond donors (Lipinski definition) is 2. The molecule has 100 valence electrons. The van der Waals surface area contributed by atoms with Crippen molar-refractivity contribution in [2.45, 2.75) is 26.1 Å². The molecule has 0 unspecified atom stereocenters. The van der Waals surface area contributed by atoms with E-state index in [2.05, 4.69) is 18.3 Å². The molecule has 2 aromatic carbocycles. The van der Waals surface area contributed by atoms with Crippen LogP contribution in [0.3, 0.4) is 0 Å². The fraction of sp³-hybridized carbons (Fsp3) is 0.250. The Balaban J connectivity index is 1.94. The Kier molecular flexibility index (Phi) is 4.97. The van der Waals surface area contributed by atoms with E-state index in [4.69, 9.17) is 16.7 Å². The second kappa shape index (κ2) is 6.71. The van der Waals surface area contributed by atoms with Crippen molar-refractivity contribution in [3.8, 4) is 0 Å². The highest BCUT2D eigenvalue weighted by atomic mass is 35.5. The molecule has 3 heteroatoms. The van der Waals surface area contributed by atoms with E-state index in [-0.39, 0.29) is 12.6 Å². The van der Waals surface area contributed by atoms with Crippen LogP contribution in [0, 0.1) is 0 Å². The molecule has 0 aliphatic rings. The van der Waals surface area contributed by atoms with Gasteiger partial charge in [-0.15, -0.1) is 0 Å². The fourth-order valence-corrected chi connectivity index (χ4v) is 2.13. The summed E-state index contributed by atoms with van der Waals surface area (Å²) in [6, 6.07) is 16.1. The average Bonchev–Trinajstić information content (AvgIpc) is 2.45. The molecule has 0 amide bonds. The molecule has 19 heavy (non-hydrogen) atoms. The highest BCUT2D eigenvalue weighted by Gasteiger charge is 2.05. The molecular weight excluding hydrogens is 258 g/mol. The average molecular weight is 276 g/mol. The van der Waals surface area contributed by atoms with Gasteiger partial charge in [-0.1, -0.05) is 48.0 Å². The Morgan fingerprint density at radius 2 is 1.79 bits per heavy atom. The van der Waals surface area contributed by atoms with Crippen LogP contribution in [0.2, 0.25) is 5.02 Å². The quantitative estimate of drug-likeness (QED) is 0.872. The first-order valence-electron chi connectivity index (χ1n) is 6.36. The summed E-state index contributed by atoms with van der Waals surface area (Å²) in [6.07, 6.45) is 0. The Morgan fingerprint density at radius 3 is 2.42 bits per heavy atom. The number of aliphatic hydroxyl groups excluding tert-OH is 1. The van der Waals surface area contributed by atoms with Crippen LogP contribution in [-0.4, -0.2) is 5.11 Å². The largest absolute Gasteiger partial charge is 0.392 e. The molecule has 2 rings (SSSR count). The number of halogens is 1. The molecule has 0 saturated carbocycles. The first-order valence-corrected chi connectivity index (χ1v) is 6.74. The summed E-state index contributed by atoms with van der Waals surface area (Å²) in [5, 5.41) is 13.2. The molecule has 1 atom stereocenters. The molecule has 2 nitrogen and oxygen atoms in total. The summed E-state index contributed by atoms with van der Waals surface area (Å²) in [4.78, 5) is 0. The van der Waals surface area contributed by atoms with Crippen molar-refractivity contribution in [1.29, 1.82) is 0 Å². The minimum Gasteiger partial charge on any atom is -0.392 e. The molecule has 2 aromatic rings. The van der Waals surface area contributed by atoms with Gasteiger partial charge in [0.2, 0.25) is 0 Å². The van der Waals surface area contributed by atoms with E-state index in [0.29, 0.717) is 0 Å². The SMILES string of the molecule is C[C@@H](NCc1ccc(CO)cc1)c1cccc(Cl)c1. The molecular formula is C16H18ClNO. The maximum atomic E-state index is 8.99. The predicted molar refractivity (Wildman–Crippen MR) is 79.1 cm³/mol. The van der Waals surface area contributed by atoms with E-state index in [1.165, 1.54) is 11.1 Å². The zero-order valence-electron chi connectivity index (χ0n) is 10.9. The third-order valence-electron chi connectivity index (χ3n) is 3.17. The Morgan fingerprint density at radius 1 is 1.11 bits per heavy atom. The van der Waals surface area contributed by atoms with E-state index < -0.39 is 0 Å². The summed E-state index contributed by atoms with van der Waals surface area (Å²) >= 11 is 5.99. The zero-order chi connectivity index (χ0) is 13.7. The van der Waals surface area contributed by atoms with Crippen LogP contribution < -0.4 is 5.32 Å².